The molecule has 0 spiro atoms. The molecule has 0 saturated heterocycles. The van der Waals surface area contributed by atoms with Crippen LogP contribution in [0.1, 0.15) is 38.9 Å². The largest absolute Gasteiger partial charge is 0.348 e. The van der Waals surface area contributed by atoms with Crippen LogP contribution in [0, 0.1) is 6.92 Å². The van der Waals surface area contributed by atoms with Gasteiger partial charge in [0.25, 0.3) is 17.4 Å². The lowest BCUT2D eigenvalue weighted by atomic mass is 10.1. The average Bonchev–Trinajstić information content (AvgIpc) is 2.78. The molecular weight excluding hydrogens is 432 g/mol. The van der Waals surface area contributed by atoms with Crippen LogP contribution in [0.2, 0.25) is 0 Å². The lowest BCUT2D eigenvalue weighted by Crippen LogP contribution is -2.48. The van der Waals surface area contributed by atoms with Crippen molar-refractivity contribution in [2.45, 2.75) is 26.9 Å². The molecular formula is C22H28N4O5S. The molecule has 0 fully saturated rings. The summed E-state index contributed by atoms with van der Waals surface area (Å²) < 4.78 is 26.3. The third kappa shape index (κ3) is 5.08. The first kappa shape index (κ1) is 23.7. The lowest BCUT2D eigenvalue weighted by Gasteiger charge is -2.30. The van der Waals surface area contributed by atoms with Crippen molar-refractivity contribution in [1.29, 1.82) is 0 Å². The fraction of sp³-hybridized carbons (Fsp3) is 0.409. The van der Waals surface area contributed by atoms with Gasteiger partial charge in [0.2, 0.25) is 10.0 Å². The monoisotopic (exact) mass is 460 g/mol. The Hall–Kier alpha value is -2.98. The first-order valence-electron chi connectivity index (χ1n) is 10.4. The van der Waals surface area contributed by atoms with E-state index < -0.39 is 21.5 Å². The molecule has 1 aromatic heterocycles. The molecule has 0 unspecified atom stereocenters. The minimum Gasteiger partial charge on any atom is -0.348 e. The summed E-state index contributed by atoms with van der Waals surface area (Å²) in [6.45, 7) is 4.73. The van der Waals surface area contributed by atoms with Gasteiger partial charge in [0.05, 0.1) is 5.75 Å². The number of rotatable bonds is 8. The Balaban J connectivity index is 1.69. The summed E-state index contributed by atoms with van der Waals surface area (Å²) in [6.07, 6.45) is 0. The molecule has 3 rings (SSSR count). The predicted molar refractivity (Wildman–Crippen MR) is 121 cm³/mol. The molecule has 0 radical (unpaired) electrons. The van der Waals surface area contributed by atoms with Gasteiger partial charge in [0, 0.05) is 39.8 Å². The van der Waals surface area contributed by atoms with Crippen molar-refractivity contribution < 1.29 is 18.0 Å². The summed E-state index contributed by atoms with van der Waals surface area (Å²) in [4.78, 5) is 39.7. The van der Waals surface area contributed by atoms with Gasteiger partial charge in [-0.3, -0.25) is 14.4 Å². The van der Waals surface area contributed by atoms with E-state index in [2.05, 4.69) is 5.32 Å². The summed E-state index contributed by atoms with van der Waals surface area (Å²) in [5.41, 5.74) is 1.70. The second-order valence-electron chi connectivity index (χ2n) is 7.77. The Labute approximate surface area is 187 Å². The first-order valence-corrected chi connectivity index (χ1v) is 12.1. The van der Waals surface area contributed by atoms with Crippen molar-refractivity contribution >= 4 is 21.8 Å². The SMILES string of the molecule is CCS(=O)(=O)N(C)CCN1CCn2c(ccc(C(=O)NCc3ccc(C)cc3)c2=O)C1=O. The molecule has 10 heteroatoms. The van der Waals surface area contributed by atoms with Gasteiger partial charge >= 0.3 is 0 Å². The minimum absolute atomic E-state index is 0.00950. The molecule has 32 heavy (non-hydrogen) atoms. The minimum atomic E-state index is -3.33. The predicted octanol–water partition coefficient (Wildman–Crippen LogP) is 0.824. The number of aryl methyl sites for hydroxylation is 1. The summed E-state index contributed by atoms with van der Waals surface area (Å²) in [5, 5.41) is 2.74. The fourth-order valence-electron chi connectivity index (χ4n) is 3.46. The quantitative estimate of drug-likeness (QED) is 0.628. The van der Waals surface area contributed by atoms with E-state index in [1.807, 2.05) is 31.2 Å². The highest BCUT2D eigenvalue weighted by atomic mass is 32.2. The molecule has 172 valence electrons. The number of likely N-dealkylation sites (N-methyl/N-ethyl adjacent to an activating group) is 1. The molecule has 0 atom stereocenters. The van der Waals surface area contributed by atoms with E-state index in [1.165, 1.54) is 33.0 Å². The van der Waals surface area contributed by atoms with E-state index in [-0.39, 0.29) is 49.1 Å². The molecule has 9 nitrogen and oxygen atoms in total. The van der Waals surface area contributed by atoms with Crippen LogP contribution in [-0.4, -0.2) is 66.4 Å². The number of sulfonamides is 1. The second kappa shape index (κ2) is 9.66. The van der Waals surface area contributed by atoms with Crippen LogP contribution in [0.4, 0.5) is 0 Å². The summed E-state index contributed by atoms with van der Waals surface area (Å²) in [7, 11) is -1.85. The molecule has 2 amide bonds. The Morgan fingerprint density at radius 3 is 2.44 bits per heavy atom. The average molecular weight is 461 g/mol. The highest BCUT2D eigenvalue weighted by Gasteiger charge is 2.28. The number of carbonyl (C=O) groups is 2. The maximum Gasteiger partial charge on any atom is 0.270 e. The second-order valence-corrected chi connectivity index (χ2v) is 10.1. The standard InChI is InChI=1S/C22H28N4O5S/c1-4-32(30,31)24(3)11-12-25-13-14-26-19(22(25)29)10-9-18(21(26)28)20(27)23-15-17-7-5-16(2)6-8-17/h5-10H,4,11-15H2,1-3H3,(H,23,27). The fourth-order valence-corrected chi connectivity index (χ4v) is 4.26. The first-order chi connectivity index (χ1) is 15.1. The van der Waals surface area contributed by atoms with Crippen LogP contribution in [0.25, 0.3) is 0 Å². The number of fused-ring (bicyclic) bond motifs is 1. The smallest absolute Gasteiger partial charge is 0.270 e. The van der Waals surface area contributed by atoms with Gasteiger partial charge in [-0.05, 0) is 31.5 Å². The number of amides is 2. The number of carbonyl (C=O) groups excluding carboxylic acids is 2. The molecule has 1 N–H and O–H groups in total. The van der Waals surface area contributed by atoms with Gasteiger partial charge in [-0.25, -0.2) is 12.7 Å². The van der Waals surface area contributed by atoms with E-state index in [1.54, 1.807) is 6.92 Å². The molecule has 1 aliphatic rings. The highest BCUT2D eigenvalue weighted by molar-refractivity contribution is 7.89. The zero-order valence-corrected chi connectivity index (χ0v) is 19.3. The third-order valence-electron chi connectivity index (χ3n) is 5.62. The van der Waals surface area contributed by atoms with E-state index in [4.69, 9.17) is 0 Å². The van der Waals surface area contributed by atoms with Crippen LogP contribution in [0.5, 0.6) is 0 Å². The van der Waals surface area contributed by atoms with Crippen LogP contribution >= 0.6 is 0 Å². The molecule has 1 aliphatic heterocycles. The van der Waals surface area contributed by atoms with Gasteiger partial charge in [0.1, 0.15) is 11.3 Å². The van der Waals surface area contributed by atoms with Crippen molar-refractivity contribution in [3.05, 3.63) is 69.1 Å². The summed E-state index contributed by atoms with van der Waals surface area (Å²) in [5.74, 6) is -0.862. The van der Waals surface area contributed by atoms with Crippen LogP contribution in [0.15, 0.2) is 41.2 Å². The number of nitrogens with one attached hydrogen (secondary N) is 1. The summed E-state index contributed by atoms with van der Waals surface area (Å²) in [6, 6.07) is 10.6. The van der Waals surface area contributed by atoms with Crippen LogP contribution in [-0.2, 0) is 23.1 Å². The van der Waals surface area contributed by atoms with Gasteiger partial charge in [-0.1, -0.05) is 29.8 Å². The molecule has 0 aliphatic carbocycles. The number of benzene rings is 1. The number of aromatic nitrogens is 1. The van der Waals surface area contributed by atoms with Gasteiger partial charge in [-0.2, -0.15) is 0 Å². The van der Waals surface area contributed by atoms with Crippen molar-refractivity contribution in [3.63, 3.8) is 0 Å². The molecule has 2 heterocycles. The normalized spacial score (nSPS) is 13.9. The van der Waals surface area contributed by atoms with E-state index in [0.29, 0.717) is 6.54 Å². The van der Waals surface area contributed by atoms with E-state index in [9.17, 15) is 22.8 Å². The van der Waals surface area contributed by atoms with Gasteiger partial charge in [-0.15, -0.1) is 0 Å². The van der Waals surface area contributed by atoms with Gasteiger partial charge in [0.15, 0.2) is 0 Å². The van der Waals surface area contributed by atoms with Crippen molar-refractivity contribution in [1.82, 2.24) is 19.1 Å². The Morgan fingerprint density at radius 2 is 1.78 bits per heavy atom. The zero-order valence-electron chi connectivity index (χ0n) is 18.5. The Bertz CT molecular complexity index is 1170. The third-order valence-corrected chi connectivity index (χ3v) is 7.48. The van der Waals surface area contributed by atoms with E-state index >= 15 is 0 Å². The number of nitrogens with zero attached hydrogens (tertiary/aromatic N) is 3. The number of pyridine rings is 1. The zero-order chi connectivity index (χ0) is 23.5. The molecule has 1 aromatic carbocycles. The molecule has 0 bridgehead atoms. The Kier molecular flexibility index (Phi) is 7.15. The topological polar surface area (TPSA) is 109 Å². The number of hydrogen-bond donors (Lipinski definition) is 1. The maximum absolute atomic E-state index is 12.8. The van der Waals surface area contributed by atoms with Crippen molar-refractivity contribution in [2.24, 2.45) is 0 Å². The lowest BCUT2D eigenvalue weighted by molar-refractivity contribution is 0.0693. The Morgan fingerprint density at radius 1 is 1.09 bits per heavy atom. The van der Waals surface area contributed by atoms with Crippen LogP contribution < -0.4 is 10.9 Å². The molecule has 2 aromatic rings. The van der Waals surface area contributed by atoms with E-state index in [0.717, 1.165) is 11.1 Å². The molecule has 0 saturated carbocycles. The number of hydrogen-bond acceptors (Lipinski definition) is 5. The van der Waals surface area contributed by atoms with Gasteiger partial charge < -0.3 is 14.8 Å². The maximum atomic E-state index is 12.8. The van der Waals surface area contributed by atoms with Crippen molar-refractivity contribution in [3.8, 4) is 0 Å². The van der Waals surface area contributed by atoms with Crippen molar-refractivity contribution in [2.75, 3.05) is 32.4 Å². The van der Waals surface area contributed by atoms with Crippen LogP contribution in [0.3, 0.4) is 0 Å². The summed E-state index contributed by atoms with van der Waals surface area (Å²) >= 11 is 0. The highest BCUT2D eigenvalue weighted by Crippen LogP contribution is 2.12.